The molecule has 0 nitrogen and oxygen atoms in total. The molecular formula is C21H24S. The van der Waals surface area contributed by atoms with Crippen LogP contribution in [0.5, 0.6) is 0 Å². The summed E-state index contributed by atoms with van der Waals surface area (Å²) in [4.78, 5) is 1.11. The monoisotopic (exact) mass is 308 g/mol. The second-order valence-electron chi connectivity index (χ2n) is 5.43. The fourth-order valence-corrected chi connectivity index (χ4v) is 3.13. The van der Waals surface area contributed by atoms with Crippen LogP contribution in [0, 0.1) is 6.92 Å². The standard InChI is InChI=1S/C21H24S/c1-4-6-7-8-13-19-17(5-2)14-15-20(21(19)22)18-12-10-9-11-16(18)3/h4,6-12,14-15,22H,5,13H2,1-3H3/b6-4-,8-7-. The van der Waals surface area contributed by atoms with Crippen LogP contribution in [0.25, 0.3) is 11.1 Å². The minimum absolute atomic E-state index is 0.923. The molecule has 0 aliphatic heterocycles. The Morgan fingerprint density at radius 1 is 1.00 bits per heavy atom. The first-order valence-electron chi connectivity index (χ1n) is 7.86. The zero-order valence-corrected chi connectivity index (χ0v) is 14.5. The SMILES string of the molecule is C/C=C\C=C/Cc1c(CC)ccc(-c2ccccc2C)c1S. The van der Waals surface area contributed by atoms with E-state index >= 15 is 0 Å². The highest BCUT2D eigenvalue weighted by Crippen LogP contribution is 2.33. The zero-order chi connectivity index (χ0) is 15.9. The van der Waals surface area contributed by atoms with Crippen LogP contribution in [-0.4, -0.2) is 0 Å². The molecule has 1 heteroatoms. The Kier molecular flexibility index (Phi) is 6.09. The first kappa shape index (κ1) is 16.6. The molecule has 0 fully saturated rings. The van der Waals surface area contributed by atoms with Crippen LogP contribution in [0.3, 0.4) is 0 Å². The molecule has 2 aromatic carbocycles. The van der Waals surface area contributed by atoms with Crippen molar-refractivity contribution in [3.63, 3.8) is 0 Å². The second kappa shape index (κ2) is 8.05. The number of allylic oxidation sites excluding steroid dienone is 4. The third-order valence-corrected chi connectivity index (χ3v) is 4.47. The van der Waals surface area contributed by atoms with Crippen LogP contribution in [0.4, 0.5) is 0 Å². The molecule has 0 saturated carbocycles. The molecule has 0 heterocycles. The van der Waals surface area contributed by atoms with Gasteiger partial charge in [-0.15, -0.1) is 12.6 Å². The lowest BCUT2D eigenvalue weighted by Crippen LogP contribution is -1.96. The lowest BCUT2D eigenvalue weighted by atomic mass is 9.93. The van der Waals surface area contributed by atoms with Gasteiger partial charge in [-0.05, 0) is 54.5 Å². The highest BCUT2D eigenvalue weighted by Gasteiger charge is 2.11. The molecule has 0 radical (unpaired) electrons. The van der Waals surface area contributed by atoms with Crippen molar-refractivity contribution in [2.75, 3.05) is 0 Å². The number of hydrogen-bond acceptors (Lipinski definition) is 1. The summed E-state index contributed by atoms with van der Waals surface area (Å²) in [6, 6.07) is 13.0. The molecule has 0 spiro atoms. The molecule has 0 aliphatic carbocycles. The van der Waals surface area contributed by atoms with Gasteiger partial charge in [0.1, 0.15) is 0 Å². The van der Waals surface area contributed by atoms with Gasteiger partial charge in [-0.25, -0.2) is 0 Å². The van der Waals surface area contributed by atoms with E-state index in [1.54, 1.807) is 0 Å². The highest BCUT2D eigenvalue weighted by molar-refractivity contribution is 7.80. The molecule has 0 aromatic heterocycles. The van der Waals surface area contributed by atoms with Gasteiger partial charge in [-0.3, -0.25) is 0 Å². The van der Waals surface area contributed by atoms with E-state index in [9.17, 15) is 0 Å². The Bertz CT molecular complexity index is 693. The fourth-order valence-electron chi connectivity index (χ4n) is 2.71. The van der Waals surface area contributed by atoms with Crippen LogP contribution in [0.2, 0.25) is 0 Å². The first-order chi connectivity index (χ1) is 10.7. The summed E-state index contributed by atoms with van der Waals surface area (Å²) in [5.74, 6) is 0. The van der Waals surface area contributed by atoms with Crippen molar-refractivity contribution in [2.24, 2.45) is 0 Å². The van der Waals surface area contributed by atoms with Gasteiger partial charge < -0.3 is 0 Å². The topological polar surface area (TPSA) is 0 Å². The van der Waals surface area contributed by atoms with Gasteiger partial charge in [0, 0.05) is 4.90 Å². The third-order valence-electron chi connectivity index (χ3n) is 3.96. The first-order valence-corrected chi connectivity index (χ1v) is 8.31. The maximum Gasteiger partial charge on any atom is 0.0157 e. The number of benzene rings is 2. The zero-order valence-electron chi connectivity index (χ0n) is 13.6. The summed E-state index contributed by atoms with van der Waals surface area (Å²) in [6.07, 6.45) is 10.4. The molecule has 22 heavy (non-hydrogen) atoms. The summed E-state index contributed by atoms with van der Waals surface area (Å²) in [7, 11) is 0. The van der Waals surface area contributed by atoms with Gasteiger partial charge in [0.2, 0.25) is 0 Å². The Morgan fingerprint density at radius 3 is 2.45 bits per heavy atom. The quantitative estimate of drug-likeness (QED) is 0.494. The number of thiol groups is 1. The molecule has 0 aliphatic rings. The predicted molar refractivity (Wildman–Crippen MR) is 101 cm³/mol. The average molecular weight is 308 g/mol. The number of hydrogen-bond donors (Lipinski definition) is 1. The van der Waals surface area contributed by atoms with Crippen molar-refractivity contribution >= 4 is 12.6 Å². The van der Waals surface area contributed by atoms with E-state index in [1.165, 1.54) is 27.8 Å². The molecular weight excluding hydrogens is 284 g/mol. The van der Waals surface area contributed by atoms with Gasteiger partial charge in [0.25, 0.3) is 0 Å². The number of rotatable bonds is 5. The van der Waals surface area contributed by atoms with Crippen LogP contribution >= 0.6 is 12.6 Å². The van der Waals surface area contributed by atoms with Crippen molar-refractivity contribution in [2.45, 2.75) is 38.5 Å². The predicted octanol–water partition coefficient (Wildman–Crippen LogP) is 6.19. The molecule has 0 N–H and O–H groups in total. The minimum atomic E-state index is 0.923. The van der Waals surface area contributed by atoms with E-state index in [0.717, 1.165) is 17.7 Å². The molecule has 0 saturated heterocycles. The van der Waals surface area contributed by atoms with Gasteiger partial charge in [-0.2, -0.15) is 0 Å². The fraction of sp³-hybridized carbons (Fsp3) is 0.238. The van der Waals surface area contributed by atoms with E-state index in [0.29, 0.717) is 0 Å². The molecule has 2 rings (SSSR count). The lowest BCUT2D eigenvalue weighted by molar-refractivity contribution is 1.04. The van der Waals surface area contributed by atoms with Crippen molar-refractivity contribution < 1.29 is 0 Å². The van der Waals surface area contributed by atoms with Crippen LogP contribution in [0.1, 0.15) is 30.5 Å². The largest absolute Gasteiger partial charge is 0.142 e. The normalized spacial score (nSPS) is 11.6. The smallest absolute Gasteiger partial charge is 0.0157 e. The summed E-state index contributed by atoms with van der Waals surface area (Å²) in [6.45, 7) is 6.39. The van der Waals surface area contributed by atoms with Crippen molar-refractivity contribution in [3.8, 4) is 11.1 Å². The Morgan fingerprint density at radius 2 is 1.77 bits per heavy atom. The van der Waals surface area contributed by atoms with Crippen LogP contribution in [0.15, 0.2) is 65.6 Å². The van der Waals surface area contributed by atoms with Crippen molar-refractivity contribution in [1.29, 1.82) is 0 Å². The summed E-state index contributed by atoms with van der Waals surface area (Å²) in [5, 5.41) is 0. The van der Waals surface area contributed by atoms with Crippen molar-refractivity contribution in [1.82, 2.24) is 0 Å². The van der Waals surface area contributed by atoms with Crippen LogP contribution < -0.4 is 0 Å². The van der Waals surface area contributed by atoms with Gasteiger partial charge in [0.05, 0.1) is 0 Å². The van der Waals surface area contributed by atoms with Gasteiger partial charge >= 0.3 is 0 Å². The Labute approximate surface area is 140 Å². The summed E-state index contributed by atoms with van der Waals surface area (Å²) >= 11 is 4.87. The lowest BCUT2D eigenvalue weighted by Gasteiger charge is -2.15. The van der Waals surface area contributed by atoms with Gasteiger partial charge in [0.15, 0.2) is 0 Å². The van der Waals surface area contributed by atoms with Gasteiger partial charge in [-0.1, -0.05) is 67.6 Å². The maximum atomic E-state index is 4.87. The van der Waals surface area contributed by atoms with E-state index in [1.807, 2.05) is 13.0 Å². The third kappa shape index (κ3) is 3.72. The summed E-state index contributed by atoms with van der Waals surface area (Å²) in [5.41, 5.74) is 6.51. The number of aryl methyl sites for hydroxylation is 2. The Hall–Kier alpha value is -1.73. The van der Waals surface area contributed by atoms with E-state index in [-0.39, 0.29) is 0 Å². The second-order valence-corrected chi connectivity index (χ2v) is 5.87. The molecule has 0 atom stereocenters. The van der Waals surface area contributed by atoms with Crippen molar-refractivity contribution in [3.05, 3.63) is 77.4 Å². The van der Waals surface area contributed by atoms with E-state index in [2.05, 4.69) is 68.5 Å². The maximum absolute atomic E-state index is 4.87. The molecule has 0 amide bonds. The average Bonchev–Trinajstić information content (AvgIpc) is 2.53. The minimum Gasteiger partial charge on any atom is -0.142 e. The molecule has 0 bridgehead atoms. The molecule has 2 aromatic rings. The van der Waals surface area contributed by atoms with Crippen LogP contribution in [-0.2, 0) is 12.8 Å². The van der Waals surface area contributed by atoms with E-state index in [4.69, 9.17) is 12.6 Å². The van der Waals surface area contributed by atoms with E-state index < -0.39 is 0 Å². The Balaban J connectivity index is 2.48. The summed E-state index contributed by atoms with van der Waals surface area (Å²) < 4.78 is 0. The highest BCUT2D eigenvalue weighted by atomic mass is 32.1. The molecule has 0 unspecified atom stereocenters. The molecule has 114 valence electrons.